The van der Waals surface area contributed by atoms with Gasteiger partial charge in [0.05, 0.1) is 19.3 Å². The quantitative estimate of drug-likeness (QED) is 0.861. The van der Waals surface area contributed by atoms with Crippen LogP contribution in [-0.2, 0) is 9.53 Å². The van der Waals surface area contributed by atoms with Crippen LogP contribution in [0.5, 0.6) is 5.75 Å². The zero-order valence-electron chi connectivity index (χ0n) is 12.8. The predicted molar refractivity (Wildman–Crippen MR) is 87.8 cm³/mol. The molecule has 7 heteroatoms. The highest BCUT2D eigenvalue weighted by molar-refractivity contribution is 5.91. The van der Waals surface area contributed by atoms with Gasteiger partial charge in [0.15, 0.2) is 11.6 Å². The summed E-state index contributed by atoms with van der Waals surface area (Å²) in [5, 5.41) is 5.92. The number of morpholine rings is 1. The van der Waals surface area contributed by atoms with E-state index in [1.165, 1.54) is 6.07 Å². The summed E-state index contributed by atoms with van der Waals surface area (Å²) in [7, 11) is 0. The van der Waals surface area contributed by atoms with Gasteiger partial charge in [0.1, 0.15) is 0 Å². The first-order valence-corrected chi connectivity index (χ1v) is 7.78. The summed E-state index contributed by atoms with van der Waals surface area (Å²) in [5.41, 5.74) is 0.445. The molecule has 1 aliphatic carbocycles. The third-order valence-electron chi connectivity index (χ3n) is 3.99. The minimum Gasteiger partial charge on any atom is -0.487 e. The number of hydrogen-bond donors (Lipinski definition) is 2. The lowest BCUT2D eigenvalue weighted by Gasteiger charge is -2.26. The largest absolute Gasteiger partial charge is 0.487 e. The van der Waals surface area contributed by atoms with Gasteiger partial charge >= 0.3 is 0 Å². The van der Waals surface area contributed by atoms with Crippen molar-refractivity contribution in [2.24, 2.45) is 0 Å². The first-order valence-electron chi connectivity index (χ1n) is 7.78. The van der Waals surface area contributed by atoms with Crippen molar-refractivity contribution in [2.75, 3.05) is 25.1 Å². The monoisotopic (exact) mass is 344 g/mol. The van der Waals surface area contributed by atoms with Crippen LogP contribution < -0.4 is 15.4 Å². The van der Waals surface area contributed by atoms with E-state index < -0.39 is 5.82 Å². The molecule has 2 aliphatic rings. The van der Waals surface area contributed by atoms with Gasteiger partial charge in [-0.2, -0.15) is 0 Å². The van der Waals surface area contributed by atoms with E-state index in [9.17, 15) is 9.18 Å². The van der Waals surface area contributed by atoms with Crippen LogP contribution in [0.15, 0.2) is 18.2 Å². The van der Waals surface area contributed by atoms with E-state index >= 15 is 0 Å². The van der Waals surface area contributed by atoms with Gasteiger partial charge in [-0.05, 0) is 31.4 Å². The molecule has 1 aromatic rings. The number of anilines is 1. The highest BCUT2D eigenvalue weighted by atomic mass is 35.5. The number of ether oxygens (including phenoxy) is 2. The van der Waals surface area contributed by atoms with Crippen LogP contribution in [0.3, 0.4) is 0 Å². The van der Waals surface area contributed by atoms with Gasteiger partial charge in [-0.15, -0.1) is 12.4 Å². The van der Waals surface area contributed by atoms with Crippen molar-refractivity contribution in [3.8, 4) is 5.75 Å². The average Bonchev–Trinajstić information content (AvgIpc) is 2.45. The molecule has 5 nitrogen and oxygen atoms in total. The maximum absolute atomic E-state index is 14.0. The lowest BCUT2D eigenvalue weighted by atomic mass is 9.96. The number of amides is 1. The molecule has 0 spiro atoms. The molecular formula is C16H22ClFN2O3. The van der Waals surface area contributed by atoms with Crippen molar-refractivity contribution in [2.45, 2.75) is 37.8 Å². The molecule has 1 heterocycles. The lowest BCUT2D eigenvalue weighted by Crippen LogP contribution is -2.43. The van der Waals surface area contributed by atoms with E-state index in [1.54, 1.807) is 12.1 Å². The van der Waals surface area contributed by atoms with E-state index in [2.05, 4.69) is 10.6 Å². The smallest absolute Gasteiger partial charge is 0.226 e. The van der Waals surface area contributed by atoms with Crippen molar-refractivity contribution in [1.82, 2.24) is 5.32 Å². The minimum absolute atomic E-state index is 0. The molecule has 23 heavy (non-hydrogen) atoms. The molecule has 1 saturated carbocycles. The maximum Gasteiger partial charge on any atom is 0.226 e. The first kappa shape index (κ1) is 18.0. The van der Waals surface area contributed by atoms with Crippen LogP contribution >= 0.6 is 12.4 Å². The fraction of sp³-hybridized carbons (Fsp3) is 0.562. The Labute approximate surface area is 141 Å². The van der Waals surface area contributed by atoms with Crippen LogP contribution in [0.2, 0.25) is 0 Å². The number of carbonyl (C=O) groups is 1. The van der Waals surface area contributed by atoms with E-state index in [1.807, 2.05) is 0 Å². The number of hydrogen-bond acceptors (Lipinski definition) is 4. The molecule has 1 aromatic carbocycles. The molecule has 1 atom stereocenters. The number of halogens is 2. The van der Waals surface area contributed by atoms with Crippen LogP contribution in [0.4, 0.5) is 10.1 Å². The molecule has 2 fully saturated rings. The molecular weight excluding hydrogens is 323 g/mol. The Morgan fingerprint density at radius 2 is 2.26 bits per heavy atom. The third-order valence-corrected chi connectivity index (χ3v) is 3.99. The van der Waals surface area contributed by atoms with Crippen LogP contribution in [0.25, 0.3) is 0 Å². The van der Waals surface area contributed by atoms with Crippen LogP contribution in [0, 0.1) is 5.82 Å². The third kappa shape index (κ3) is 5.06. The number of benzene rings is 1. The SMILES string of the molecule is Cl.O=C(CC1COCCN1)Nc1ccc(OC2CCC2)c(F)c1. The standard InChI is InChI=1S/C16H21FN2O3.ClH/c17-14-8-11(4-5-15(14)22-13-2-1-3-13)19-16(20)9-12-10-21-7-6-18-12;/h4-5,8,12-13,18H,1-3,6-7,9-10H2,(H,19,20);1H. The van der Waals surface area contributed by atoms with Crippen molar-refractivity contribution in [3.63, 3.8) is 0 Å². The van der Waals surface area contributed by atoms with E-state index in [4.69, 9.17) is 9.47 Å². The second kappa shape index (κ2) is 8.47. The topological polar surface area (TPSA) is 59.6 Å². The molecule has 1 aliphatic heterocycles. The molecule has 1 unspecified atom stereocenters. The Bertz CT molecular complexity index is 534. The first-order chi connectivity index (χ1) is 10.7. The average molecular weight is 345 g/mol. The van der Waals surface area contributed by atoms with Gasteiger partial charge < -0.3 is 20.1 Å². The highest BCUT2D eigenvalue weighted by Gasteiger charge is 2.21. The summed E-state index contributed by atoms with van der Waals surface area (Å²) in [6.07, 6.45) is 3.54. The van der Waals surface area contributed by atoms with E-state index in [-0.39, 0.29) is 36.2 Å². The molecule has 2 N–H and O–H groups in total. The van der Waals surface area contributed by atoms with Gasteiger partial charge in [-0.1, -0.05) is 0 Å². The molecule has 0 aromatic heterocycles. The van der Waals surface area contributed by atoms with Gasteiger partial charge in [0.2, 0.25) is 5.91 Å². The summed E-state index contributed by atoms with van der Waals surface area (Å²) in [6.45, 7) is 1.95. The van der Waals surface area contributed by atoms with E-state index in [0.717, 1.165) is 25.8 Å². The zero-order chi connectivity index (χ0) is 15.4. The van der Waals surface area contributed by atoms with Gasteiger partial charge in [0, 0.05) is 30.8 Å². The minimum atomic E-state index is -0.441. The highest BCUT2D eigenvalue weighted by Crippen LogP contribution is 2.28. The second-order valence-corrected chi connectivity index (χ2v) is 5.79. The molecule has 0 bridgehead atoms. The molecule has 1 saturated heterocycles. The van der Waals surface area contributed by atoms with Crippen molar-refractivity contribution in [3.05, 3.63) is 24.0 Å². The zero-order valence-corrected chi connectivity index (χ0v) is 13.7. The summed E-state index contributed by atoms with van der Waals surface area (Å²) in [6, 6.07) is 4.56. The van der Waals surface area contributed by atoms with Crippen molar-refractivity contribution >= 4 is 24.0 Å². The Morgan fingerprint density at radius 1 is 1.43 bits per heavy atom. The Kier molecular flexibility index (Phi) is 6.62. The summed E-state index contributed by atoms with van der Waals surface area (Å²) in [4.78, 5) is 11.9. The van der Waals surface area contributed by atoms with E-state index in [0.29, 0.717) is 25.3 Å². The number of carbonyl (C=O) groups excluding carboxylic acids is 1. The molecule has 128 valence electrons. The van der Waals surface area contributed by atoms with Crippen molar-refractivity contribution in [1.29, 1.82) is 0 Å². The predicted octanol–water partition coefficient (Wildman–Crippen LogP) is 2.50. The fourth-order valence-corrected chi connectivity index (χ4v) is 2.53. The fourth-order valence-electron chi connectivity index (χ4n) is 2.53. The summed E-state index contributed by atoms with van der Waals surface area (Å²) < 4.78 is 24.8. The second-order valence-electron chi connectivity index (χ2n) is 5.79. The molecule has 3 rings (SSSR count). The Morgan fingerprint density at radius 3 is 2.87 bits per heavy atom. The number of rotatable bonds is 5. The maximum atomic E-state index is 14.0. The molecule has 1 amide bonds. The van der Waals surface area contributed by atoms with Crippen molar-refractivity contribution < 1.29 is 18.7 Å². The summed E-state index contributed by atoms with van der Waals surface area (Å²) >= 11 is 0. The molecule has 0 radical (unpaired) electrons. The normalized spacial score (nSPS) is 21.0. The van der Waals surface area contributed by atoms with Crippen LogP contribution in [-0.4, -0.2) is 37.8 Å². The Balaban J connectivity index is 0.00000192. The number of nitrogens with one attached hydrogen (secondary N) is 2. The summed E-state index contributed by atoms with van der Waals surface area (Å²) in [5.74, 6) is -0.344. The van der Waals surface area contributed by atoms with Gasteiger partial charge in [-0.25, -0.2) is 4.39 Å². The Hall–Kier alpha value is -1.37. The van der Waals surface area contributed by atoms with Crippen LogP contribution in [0.1, 0.15) is 25.7 Å². The van der Waals surface area contributed by atoms with Gasteiger partial charge in [-0.3, -0.25) is 4.79 Å². The van der Waals surface area contributed by atoms with Gasteiger partial charge in [0.25, 0.3) is 0 Å². The lowest BCUT2D eigenvalue weighted by molar-refractivity contribution is -0.117.